The van der Waals surface area contributed by atoms with Crippen LogP contribution < -0.4 is 10.6 Å². The van der Waals surface area contributed by atoms with Crippen LogP contribution in [0.4, 0.5) is 5.69 Å². The summed E-state index contributed by atoms with van der Waals surface area (Å²) in [7, 11) is -0.783. The van der Waals surface area contributed by atoms with Crippen LogP contribution in [0.1, 0.15) is 6.92 Å². The summed E-state index contributed by atoms with van der Waals surface area (Å²) >= 11 is 3.34. The minimum absolute atomic E-state index is 0.101. The normalized spacial score (nSPS) is 12.1. The number of anilines is 1. The molecule has 0 fully saturated rings. The van der Waals surface area contributed by atoms with Crippen LogP contribution in [0.2, 0.25) is 0 Å². The van der Waals surface area contributed by atoms with Crippen LogP contribution >= 0.6 is 15.9 Å². The second kappa shape index (κ2) is 8.39. The summed E-state index contributed by atoms with van der Waals surface area (Å²) in [6.45, 7) is 2.70. The zero-order chi connectivity index (χ0) is 13.4. The highest BCUT2D eigenvalue weighted by atomic mass is 79.9. The quantitative estimate of drug-likeness (QED) is 0.748. The molecule has 1 unspecified atom stereocenters. The molecule has 1 aromatic rings. The summed E-state index contributed by atoms with van der Waals surface area (Å²) in [5.74, 6) is 1.14. The van der Waals surface area contributed by atoms with Crippen molar-refractivity contribution in [1.82, 2.24) is 5.32 Å². The standard InChI is InChI=1S/C12H17BrN2O2S/c1-2-18(17)7-6-14-9-12(16)15-11-5-3-4-10(13)8-11/h3-5,8,14H,2,6-7,9H2,1H3,(H,15,16). The molecule has 2 N–H and O–H groups in total. The molecule has 1 rings (SSSR count). The number of hydrogen-bond acceptors (Lipinski definition) is 3. The fourth-order valence-corrected chi connectivity index (χ4v) is 2.36. The molecule has 0 aromatic heterocycles. The van der Waals surface area contributed by atoms with Crippen molar-refractivity contribution >= 4 is 38.3 Å². The molecule has 1 amide bonds. The number of rotatable bonds is 7. The lowest BCUT2D eigenvalue weighted by molar-refractivity contribution is -0.115. The molecule has 18 heavy (non-hydrogen) atoms. The van der Waals surface area contributed by atoms with Crippen LogP contribution in [0.3, 0.4) is 0 Å². The lowest BCUT2D eigenvalue weighted by atomic mass is 10.3. The van der Waals surface area contributed by atoms with Crippen LogP contribution in [-0.2, 0) is 15.6 Å². The second-order valence-corrected chi connectivity index (χ2v) is 6.45. The van der Waals surface area contributed by atoms with E-state index in [0.29, 0.717) is 18.1 Å². The number of nitrogens with one attached hydrogen (secondary N) is 2. The van der Waals surface area contributed by atoms with Gasteiger partial charge in [0.25, 0.3) is 0 Å². The minimum atomic E-state index is -0.783. The van der Waals surface area contributed by atoms with Gasteiger partial charge < -0.3 is 10.6 Å². The Balaban J connectivity index is 2.24. The van der Waals surface area contributed by atoms with Crippen molar-refractivity contribution in [1.29, 1.82) is 0 Å². The lowest BCUT2D eigenvalue weighted by Crippen LogP contribution is -2.30. The molecule has 0 spiro atoms. The van der Waals surface area contributed by atoms with Crippen LogP contribution in [0.5, 0.6) is 0 Å². The van der Waals surface area contributed by atoms with Crippen LogP contribution in [-0.4, -0.2) is 34.7 Å². The number of amides is 1. The zero-order valence-corrected chi connectivity index (χ0v) is 12.6. The van der Waals surface area contributed by atoms with Crippen LogP contribution in [0.25, 0.3) is 0 Å². The summed E-state index contributed by atoms with van der Waals surface area (Å²) in [4.78, 5) is 11.6. The molecule has 0 aliphatic rings. The van der Waals surface area contributed by atoms with E-state index in [9.17, 15) is 9.00 Å². The van der Waals surface area contributed by atoms with Gasteiger partial charge in [-0.25, -0.2) is 0 Å². The average Bonchev–Trinajstić information content (AvgIpc) is 2.34. The molecular weight excluding hydrogens is 316 g/mol. The van der Waals surface area contributed by atoms with E-state index in [1.807, 2.05) is 31.2 Å². The van der Waals surface area contributed by atoms with Crippen molar-refractivity contribution in [2.75, 3.05) is 29.9 Å². The Morgan fingerprint density at radius 3 is 2.89 bits per heavy atom. The molecular formula is C12H17BrN2O2S. The molecule has 1 aromatic carbocycles. The van der Waals surface area contributed by atoms with Crippen molar-refractivity contribution in [2.24, 2.45) is 0 Å². The molecule has 0 radical (unpaired) electrons. The number of carbonyl (C=O) groups excluding carboxylic acids is 1. The Labute approximate surface area is 118 Å². The molecule has 6 heteroatoms. The Morgan fingerprint density at radius 1 is 1.44 bits per heavy atom. The predicted octanol–water partition coefficient (Wildman–Crippen LogP) is 1.75. The van der Waals surface area contributed by atoms with Gasteiger partial charge in [-0.05, 0) is 18.2 Å². The van der Waals surface area contributed by atoms with E-state index in [1.54, 1.807) is 0 Å². The molecule has 4 nitrogen and oxygen atoms in total. The number of carbonyl (C=O) groups is 1. The summed E-state index contributed by atoms with van der Waals surface area (Å²) < 4.78 is 12.1. The van der Waals surface area contributed by atoms with E-state index in [-0.39, 0.29) is 12.5 Å². The first-order valence-corrected chi connectivity index (χ1v) is 8.01. The highest BCUT2D eigenvalue weighted by Gasteiger charge is 2.02. The van der Waals surface area contributed by atoms with Crippen molar-refractivity contribution < 1.29 is 9.00 Å². The monoisotopic (exact) mass is 332 g/mol. The van der Waals surface area contributed by atoms with E-state index in [2.05, 4.69) is 26.6 Å². The SMILES string of the molecule is CCS(=O)CCNCC(=O)Nc1cccc(Br)c1. The van der Waals surface area contributed by atoms with Gasteiger partial charge in [-0.1, -0.05) is 28.9 Å². The second-order valence-electron chi connectivity index (χ2n) is 3.67. The number of halogens is 1. The van der Waals surface area contributed by atoms with E-state index < -0.39 is 10.8 Å². The Morgan fingerprint density at radius 2 is 2.22 bits per heavy atom. The fourth-order valence-electron chi connectivity index (χ4n) is 1.30. The maximum absolute atomic E-state index is 11.6. The van der Waals surface area contributed by atoms with Gasteiger partial charge in [0.15, 0.2) is 0 Å². The predicted molar refractivity (Wildman–Crippen MR) is 79.2 cm³/mol. The molecule has 0 heterocycles. The summed E-state index contributed by atoms with van der Waals surface area (Å²) in [5.41, 5.74) is 0.758. The molecule has 0 saturated heterocycles. The highest BCUT2D eigenvalue weighted by molar-refractivity contribution is 9.10. The molecule has 0 bridgehead atoms. The Kier molecular flexibility index (Phi) is 7.15. The van der Waals surface area contributed by atoms with Crippen LogP contribution in [0, 0.1) is 0 Å². The van der Waals surface area contributed by atoms with Gasteiger partial charge in [0, 0.05) is 39.0 Å². The van der Waals surface area contributed by atoms with E-state index in [1.165, 1.54) is 0 Å². The molecule has 0 aliphatic heterocycles. The van der Waals surface area contributed by atoms with E-state index in [0.717, 1.165) is 10.2 Å². The Hall–Kier alpha value is -0.720. The minimum Gasteiger partial charge on any atom is -0.325 e. The van der Waals surface area contributed by atoms with Gasteiger partial charge in [-0.3, -0.25) is 9.00 Å². The van der Waals surface area contributed by atoms with Gasteiger partial charge in [0.05, 0.1) is 6.54 Å². The van der Waals surface area contributed by atoms with Gasteiger partial charge >= 0.3 is 0 Å². The smallest absolute Gasteiger partial charge is 0.238 e. The summed E-state index contributed by atoms with van der Waals surface area (Å²) in [6.07, 6.45) is 0. The zero-order valence-electron chi connectivity index (χ0n) is 10.2. The fraction of sp³-hybridized carbons (Fsp3) is 0.417. The third-order valence-electron chi connectivity index (χ3n) is 2.22. The first-order valence-electron chi connectivity index (χ1n) is 5.73. The van der Waals surface area contributed by atoms with Gasteiger partial charge in [-0.2, -0.15) is 0 Å². The summed E-state index contributed by atoms with van der Waals surface area (Å²) in [6, 6.07) is 7.42. The average molecular weight is 333 g/mol. The third kappa shape index (κ3) is 6.28. The third-order valence-corrected chi connectivity index (χ3v) is 4.02. The topological polar surface area (TPSA) is 58.2 Å². The Bertz CT molecular complexity index is 426. The maximum atomic E-state index is 11.6. The van der Waals surface area contributed by atoms with Gasteiger partial charge in [0.1, 0.15) is 0 Å². The van der Waals surface area contributed by atoms with Gasteiger partial charge in [-0.15, -0.1) is 0 Å². The van der Waals surface area contributed by atoms with Crippen molar-refractivity contribution in [2.45, 2.75) is 6.92 Å². The largest absolute Gasteiger partial charge is 0.325 e. The first-order chi connectivity index (χ1) is 8.61. The summed E-state index contributed by atoms with van der Waals surface area (Å²) in [5, 5.41) is 5.75. The molecule has 100 valence electrons. The number of hydrogen-bond donors (Lipinski definition) is 2. The van der Waals surface area contributed by atoms with E-state index in [4.69, 9.17) is 0 Å². The van der Waals surface area contributed by atoms with Crippen molar-refractivity contribution in [3.05, 3.63) is 28.7 Å². The molecule has 0 aliphatic carbocycles. The lowest BCUT2D eigenvalue weighted by Gasteiger charge is -2.06. The van der Waals surface area contributed by atoms with Crippen molar-refractivity contribution in [3.8, 4) is 0 Å². The first kappa shape index (κ1) is 15.3. The maximum Gasteiger partial charge on any atom is 0.238 e. The van der Waals surface area contributed by atoms with E-state index >= 15 is 0 Å². The molecule has 0 saturated carbocycles. The molecule has 1 atom stereocenters. The number of benzene rings is 1. The van der Waals surface area contributed by atoms with Crippen LogP contribution in [0.15, 0.2) is 28.7 Å². The van der Waals surface area contributed by atoms with Gasteiger partial charge in [0.2, 0.25) is 5.91 Å². The highest BCUT2D eigenvalue weighted by Crippen LogP contribution is 2.15. The van der Waals surface area contributed by atoms with Crippen molar-refractivity contribution in [3.63, 3.8) is 0 Å².